The Morgan fingerprint density at radius 1 is 0.964 bits per heavy atom. The first-order valence-electron chi connectivity index (χ1n) is 8.27. The molecule has 0 radical (unpaired) electrons. The molecule has 0 aliphatic carbocycles. The summed E-state index contributed by atoms with van der Waals surface area (Å²) in [6.45, 7) is 0.535. The number of nitrogens with zero attached hydrogens (tertiary/aromatic N) is 1. The predicted octanol–water partition coefficient (Wildman–Crippen LogP) is 2.90. The number of nitrogens with one attached hydrogen (secondary N) is 2. The Kier molecular flexibility index (Phi) is 7.92. The Morgan fingerprint density at radius 2 is 1.61 bits per heavy atom. The van der Waals surface area contributed by atoms with Crippen LogP contribution in [0.3, 0.4) is 0 Å². The number of hydrogen-bond donors (Lipinski definition) is 2. The van der Waals surface area contributed by atoms with Gasteiger partial charge in [-0.1, -0.05) is 23.2 Å². The molecule has 0 aliphatic heterocycles. The summed E-state index contributed by atoms with van der Waals surface area (Å²) in [5, 5.41) is 1.06. The lowest BCUT2D eigenvalue weighted by Crippen LogP contribution is -2.45. The number of ether oxygens (including phenoxy) is 2. The summed E-state index contributed by atoms with van der Waals surface area (Å²) in [5.74, 6) is 0.0789. The van der Waals surface area contributed by atoms with Crippen molar-refractivity contribution in [1.29, 1.82) is 0 Å². The number of hydrogen-bond acceptors (Lipinski definition) is 5. The van der Waals surface area contributed by atoms with Gasteiger partial charge in [0.25, 0.3) is 11.8 Å². The summed E-state index contributed by atoms with van der Waals surface area (Å²) in [4.78, 5) is 26.0. The van der Waals surface area contributed by atoms with E-state index in [-0.39, 0.29) is 12.5 Å². The topological polar surface area (TPSA) is 79.9 Å². The number of rotatable bonds is 7. The van der Waals surface area contributed by atoms with Gasteiger partial charge in [-0.05, 0) is 49.0 Å². The number of likely N-dealkylation sites (N-methyl/N-ethyl adjacent to an activating group) is 1. The van der Waals surface area contributed by atoms with E-state index in [0.717, 1.165) is 5.56 Å². The number of carbonyl (C=O) groups is 2. The van der Waals surface area contributed by atoms with Gasteiger partial charge in [0.2, 0.25) is 0 Å². The van der Waals surface area contributed by atoms with Crippen LogP contribution in [0.1, 0.15) is 15.9 Å². The molecule has 2 N–H and O–H groups in total. The van der Waals surface area contributed by atoms with Crippen LogP contribution in [0, 0.1) is 0 Å². The van der Waals surface area contributed by atoms with Crippen LogP contribution in [0.15, 0.2) is 36.4 Å². The van der Waals surface area contributed by atoms with E-state index in [1.807, 2.05) is 0 Å². The first-order valence-corrected chi connectivity index (χ1v) is 9.02. The summed E-state index contributed by atoms with van der Waals surface area (Å²) in [6.07, 6.45) is 0. The fourth-order valence-corrected chi connectivity index (χ4v) is 3.10. The molecule has 2 aromatic rings. The molecule has 7 nitrogen and oxygen atoms in total. The molecule has 0 atom stereocenters. The van der Waals surface area contributed by atoms with Crippen molar-refractivity contribution in [2.75, 3.05) is 27.8 Å². The standard InChI is InChI=1S/C19H21Cl2N3O4/c1-24(10-12-6-14(20)9-15(21)7-12)11-18(25)22-23-19(26)13-4-5-16(27-2)17(8-13)28-3/h4-9H,10-11H2,1-3H3,(H,22,25)(H,23,26). The van der Waals surface area contributed by atoms with Gasteiger partial charge in [0.1, 0.15) is 0 Å². The third-order valence-corrected chi connectivity index (χ3v) is 4.19. The highest BCUT2D eigenvalue weighted by molar-refractivity contribution is 6.34. The Labute approximate surface area is 173 Å². The van der Waals surface area contributed by atoms with E-state index >= 15 is 0 Å². The molecule has 0 aromatic heterocycles. The zero-order valence-corrected chi connectivity index (χ0v) is 17.2. The second kappa shape index (κ2) is 10.2. The molecule has 0 spiro atoms. The molecule has 0 saturated heterocycles. The van der Waals surface area contributed by atoms with E-state index in [9.17, 15) is 9.59 Å². The molecule has 2 aromatic carbocycles. The fourth-order valence-electron chi connectivity index (χ4n) is 2.53. The van der Waals surface area contributed by atoms with Crippen molar-refractivity contribution in [1.82, 2.24) is 15.8 Å². The van der Waals surface area contributed by atoms with E-state index in [4.69, 9.17) is 32.7 Å². The van der Waals surface area contributed by atoms with Crippen molar-refractivity contribution in [3.8, 4) is 11.5 Å². The summed E-state index contributed by atoms with van der Waals surface area (Å²) in [5.41, 5.74) is 5.95. The Morgan fingerprint density at radius 3 is 2.21 bits per heavy atom. The van der Waals surface area contributed by atoms with Crippen LogP contribution < -0.4 is 20.3 Å². The summed E-state index contributed by atoms with van der Waals surface area (Å²) in [6, 6.07) is 9.90. The van der Waals surface area contributed by atoms with Crippen molar-refractivity contribution in [2.45, 2.75) is 6.54 Å². The van der Waals surface area contributed by atoms with Gasteiger partial charge >= 0.3 is 0 Å². The number of methoxy groups -OCH3 is 2. The van der Waals surface area contributed by atoms with Crippen molar-refractivity contribution in [2.24, 2.45) is 0 Å². The largest absolute Gasteiger partial charge is 0.493 e. The van der Waals surface area contributed by atoms with Gasteiger partial charge < -0.3 is 9.47 Å². The Bertz CT molecular complexity index is 841. The lowest BCUT2D eigenvalue weighted by Gasteiger charge is -2.17. The van der Waals surface area contributed by atoms with E-state index in [0.29, 0.717) is 33.7 Å². The van der Waals surface area contributed by atoms with Gasteiger partial charge in [-0.3, -0.25) is 25.3 Å². The highest BCUT2D eigenvalue weighted by Crippen LogP contribution is 2.27. The predicted molar refractivity (Wildman–Crippen MR) is 108 cm³/mol. The molecule has 0 heterocycles. The number of amides is 2. The highest BCUT2D eigenvalue weighted by atomic mass is 35.5. The smallest absolute Gasteiger partial charge is 0.269 e. The number of benzene rings is 2. The average molecular weight is 426 g/mol. The molecule has 150 valence electrons. The second-order valence-corrected chi connectivity index (χ2v) is 6.89. The minimum Gasteiger partial charge on any atom is -0.493 e. The molecule has 28 heavy (non-hydrogen) atoms. The van der Waals surface area contributed by atoms with Gasteiger partial charge in [-0.25, -0.2) is 0 Å². The van der Waals surface area contributed by atoms with Crippen LogP contribution in [0.2, 0.25) is 10.0 Å². The van der Waals surface area contributed by atoms with Crippen LogP contribution in [-0.4, -0.2) is 44.5 Å². The fraction of sp³-hybridized carbons (Fsp3) is 0.263. The van der Waals surface area contributed by atoms with Gasteiger partial charge in [0, 0.05) is 22.2 Å². The third-order valence-electron chi connectivity index (χ3n) is 3.75. The van der Waals surface area contributed by atoms with Crippen LogP contribution in [-0.2, 0) is 11.3 Å². The molecule has 0 fully saturated rings. The normalized spacial score (nSPS) is 10.5. The van der Waals surface area contributed by atoms with Crippen molar-refractivity contribution >= 4 is 35.0 Å². The molecular weight excluding hydrogens is 405 g/mol. The maximum atomic E-state index is 12.2. The number of halogens is 2. The molecule has 2 amide bonds. The van der Waals surface area contributed by atoms with Gasteiger partial charge in [-0.2, -0.15) is 0 Å². The Balaban J connectivity index is 1.86. The van der Waals surface area contributed by atoms with Gasteiger partial charge in [-0.15, -0.1) is 0 Å². The van der Waals surface area contributed by atoms with Gasteiger partial charge in [0.05, 0.1) is 20.8 Å². The van der Waals surface area contributed by atoms with Crippen LogP contribution >= 0.6 is 23.2 Å². The molecule has 0 aliphatic rings. The number of carbonyl (C=O) groups excluding carboxylic acids is 2. The lowest BCUT2D eigenvalue weighted by molar-refractivity contribution is -0.122. The first-order chi connectivity index (χ1) is 13.3. The van der Waals surface area contributed by atoms with E-state index < -0.39 is 5.91 Å². The molecular formula is C19H21Cl2N3O4. The van der Waals surface area contributed by atoms with Crippen LogP contribution in [0.4, 0.5) is 0 Å². The molecule has 0 unspecified atom stereocenters. The molecule has 0 saturated carbocycles. The minimum absolute atomic E-state index is 0.0658. The summed E-state index contributed by atoms with van der Waals surface area (Å²) >= 11 is 12.0. The van der Waals surface area contributed by atoms with E-state index in [2.05, 4.69) is 10.9 Å². The molecule has 2 rings (SSSR count). The monoisotopic (exact) mass is 425 g/mol. The minimum atomic E-state index is -0.474. The SMILES string of the molecule is COc1ccc(C(=O)NNC(=O)CN(C)Cc2cc(Cl)cc(Cl)c2)cc1OC. The van der Waals surface area contributed by atoms with Crippen molar-refractivity contribution in [3.05, 3.63) is 57.6 Å². The summed E-state index contributed by atoms with van der Waals surface area (Å²) in [7, 11) is 4.75. The first kappa shape index (κ1) is 21.8. The van der Waals surface area contributed by atoms with Crippen molar-refractivity contribution < 1.29 is 19.1 Å². The maximum Gasteiger partial charge on any atom is 0.269 e. The average Bonchev–Trinajstić information content (AvgIpc) is 2.64. The highest BCUT2D eigenvalue weighted by Gasteiger charge is 2.13. The van der Waals surface area contributed by atoms with Crippen LogP contribution in [0.25, 0.3) is 0 Å². The molecule has 0 bridgehead atoms. The zero-order chi connectivity index (χ0) is 20.7. The lowest BCUT2D eigenvalue weighted by atomic mass is 10.2. The second-order valence-electron chi connectivity index (χ2n) is 6.02. The maximum absolute atomic E-state index is 12.2. The quantitative estimate of drug-likeness (QED) is 0.666. The Hall–Kier alpha value is -2.48. The summed E-state index contributed by atoms with van der Waals surface area (Å²) < 4.78 is 10.3. The third kappa shape index (κ3) is 6.30. The number of hydrazine groups is 1. The van der Waals surface area contributed by atoms with Gasteiger partial charge in [0.15, 0.2) is 11.5 Å². The van der Waals surface area contributed by atoms with E-state index in [1.165, 1.54) is 20.3 Å². The zero-order valence-electron chi connectivity index (χ0n) is 15.7. The van der Waals surface area contributed by atoms with Crippen LogP contribution in [0.5, 0.6) is 11.5 Å². The van der Waals surface area contributed by atoms with Crippen molar-refractivity contribution in [3.63, 3.8) is 0 Å². The molecule has 9 heteroatoms. The van der Waals surface area contributed by atoms with E-state index in [1.54, 1.807) is 42.3 Å².